The molecule has 1 N–H and O–H groups in total. The summed E-state index contributed by atoms with van der Waals surface area (Å²) in [5.41, 5.74) is 4.68. The van der Waals surface area contributed by atoms with E-state index in [-0.39, 0.29) is 0 Å². The molecular weight excluding hydrogens is 366 g/mol. The molecule has 0 atom stereocenters. The minimum Gasteiger partial charge on any atom is -0.497 e. The summed E-state index contributed by atoms with van der Waals surface area (Å²) in [5.74, 6) is 1.63. The van der Waals surface area contributed by atoms with Crippen LogP contribution < -0.4 is 10.1 Å². The zero-order valence-electron chi connectivity index (χ0n) is 13.6. The highest BCUT2D eigenvalue weighted by molar-refractivity contribution is 9.10. The molecule has 0 radical (unpaired) electrons. The van der Waals surface area contributed by atoms with Crippen LogP contribution in [0.5, 0.6) is 5.75 Å². The van der Waals surface area contributed by atoms with E-state index in [1.807, 2.05) is 12.1 Å². The van der Waals surface area contributed by atoms with Gasteiger partial charge in [-0.3, -0.25) is 0 Å². The number of pyridine rings is 1. The highest BCUT2D eigenvalue weighted by Gasteiger charge is 2.24. The van der Waals surface area contributed by atoms with Crippen LogP contribution in [0.4, 0.5) is 0 Å². The van der Waals surface area contributed by atoms with Crippen molar-refractivity contribution in [2.75, 3.05) is 7.11 Å². The van der Waals surface area contributed by atoms with Gasteiger partial charge < -0.3 is 14.5 Å². The fourth-order valence-corrected chi connectivity index (χ4v) is 3.49. The van der Waals surface area contributed by atoms with Gasteiger partial charge in [-0.2, -0.15) is 0 Å². The van der Waals surface area contributed by atoms with Crippen molar-refractivity contribution < 1.29 is 4.74 Å². The third-order valence-corrected chi connectivity index (χ3v) is 5.00. The molecule has 0 amide bonds. The van der Waals surface area contributed by atoms with Crippen molar-refractivity contribution in [1.29, 1.82) is 0 Å². The van der Waals surface area contributed by atoms with E-state index in [1.54, 1.807) is 7.11 Å². The van der Waals surface area contributed by atoms with E-state index < -0.39 is 0 Å². The number of hydrogen-bond acceptors (Lipinski definition) is 3. The molecule has 124 valence electrons. The standard InChI is InChI=1S/C19H20BrN3O/c1-24-17-6-2-13(3-7-17)9-21-10-16-12-23-11-15(14-4-5-14)8-18(20)19(23)22-16/h2-3,6-8,11-12,14,21H,4-5,9-10H2,1H3. The number of imidazole rings is 1. The maximum Gasteiger partial charge on any atom is 0.151 e. The molecule has 0 aliphatic heterocycles. The number of benzene rings is 1. The average molecular weight is 386 g/mol. The van der Waals surface area contributed by atoms with Gasteiger partial charge in [0.05, 0.1) is 17.3 Å². The van der Waals surface area contributed by atoms with E-state index >= 15 is 0 Å². The lowest BCUT2D eigenvalue weighted by Gasteiger charge is -2.04. The molecule has 1 fully saturated rings. The Balaban J connectivity index is 1.43. The molecule has 1 saturated carbocycles. The molecule has 3 aromatic rings. The van der Waals surface area contributed by atoms with Gasteiger partial charge in [0.15, 0.2) is 5.65 Å². The van der Waals surface area contributed by atoms with E-state index in [0.29, 0.717) is 0 Å². The van der Waals surface area contributed by atoms with Gasteiger partial charge >= 0.3 is 0 Å². The first-order valence-electron chi connectivity index (χ1n) is 8.23. The van der Waals surface area contributed by atoms with E-state index in [4.69, 9.17) is 9.72 Å². The SMILES string of the molecule is COc1ccc(CNCc2cn3cc(C4CC4)cc(Br)c3n2)cc1. The van der Waals surface area contributed by atoms with Crippen LogP contribution >= 0.6 is 15.9 Å². The molecule has 1 aliphatic rings. The number of nitrogens with one attached hydrogen (secondary N) is 1. The molecule has 1 aromatic carbocycles. The smallest absolute Gasteiger partial charge is 0.151 e. The van der Waals surface area contributed by atoms with Crippen molar-refractivity contribution in [1.82, 2.24) is 14.7 Å². The molecule has 5 heteroatoms. The van der Waals surface area contributed by atoms with Gasteiger partial charge in [-0.05, 0) is 64.0 Å². The van der Waals surface area contributed by atoms with Gasteiger partial charge in [0, 0.05) is 25.5 Å². The predicted octanol–water partition coefficient (Wildman–Crippen LogP) is 4.27. The minimum absolute atomic E-state index is 0.741. The summed E-state index contributed by atoms with van der Waals surface area (Å²) in [4.78, 5) is 4.73. The van der Waals surface area contributed by atoms with Crippen LogP contribution in [0.3, 0.4) is 0 Å². The molecule has 4 rings (SSSR count). The number of fused-ring (bicyclic) bond motifs is 1. The van der Waals surface area contributed by atoms with Gasteiger partial charge in [0.1, 0.15) is 5.75 Å². The topological polar surface area (TPSA) is 38.6 Å². The van der Waals surface area contributed by atoms with Gasteiger partial charge in [0.2, 0.25) is 0 Å². The summed E-state index contributed by atoms with van der Waals surface area (Å²) in [7, 11) is 1.68. The summed E-state index contributed by atoms with van der Waals surface area (Å²) < 4.78 is 8.40. The van der Waals surface area contributed by atoms with Crippen molar-refractivity contribution in [3.63, 3.8) is 0 Å². The summed E-state index contributed by atoms with van der Waals surface area (Å²) >= 11 is 3.66. The summed E-state index contributed by atoms with van der Waals surface area (Å²) in [6, 6.07) is 10.3. The minimum atomic E-state index is 0.741. The average Bonchev–Trinajstić information content (AvgIpc) is 3.36. The van der Waals surface area contributed by atoms with Crippen LogP contribution in [0.25, 0.3) is 5.65 Å². The van der Waals surface area contributed by atoms with Crippen LogP contribution in [-0.2, 0) is 13.1 Å². The van der Waals surface area contributed by atoms with Crippen molar-refractivity contribution >= 4 is 21.6 Å². The molecule has 0 bridgehead atoms. The number of hydrogen-bond donors (Lipinski definition) is 1. The van der Waals surface area contributed by atoms with Gasteiger partial charge in [0.25, 0.3) is 0 Å². The first-order chi connectivity index (χ1) is 11.7. The highest BCUT2D eigenvalue weighted by Crippen LogP contribution is 2.41. The van der Waals surface area contributed by atoms with E-state index in [0.717, 1.165) is 40.6 Å². The lowest BCUT2D eigenvalue weighted by Crippen LogP contribution is -2.12. The van der Waals surface area contributed by atoms with Crippen LogP contribution in [0.2, 0.25) is 0 Å². The van der Waals surface area contributed by atoms with E-state index in [1.165, 1.54) is 24.0 Å². The number of nitrogens with zero attached hydrogens (tertiary/aromatic N) is 2. The zero-order valence-corrected chi connectivity index (χ0v) is 15.2. The molecule has 2 aromatic heterocycles. The number of ether oxygens (including phenoxy) is 1. The third kappa shape index (κ3) is 3.32. The Morgan fingerprint density at radius 3 is 2.71 bits per heavy atom. The van der Waals surface area contributed by atoms with Gasteiger partial charge in [-0.15, -0.1) is 0 Å². The second kappa shape index (κ2) is 6.57. The van der Waals surface area contributed by atoms with Crippen molar-refractivity contribution in [3.05, 3.63) is 64.0 Å². The fourth-order valence-electron chi connectivity index (χ4n) is 2.93. The van der Waals surface area contributed by atoms with Crippen LogP contribution in [-0.4, -0.2) is 16.5 Å². The maximum absolute atomic E-state index is 5.18. The Labute approximate surface area is 150 Å². The third-order valence-electron chi connectivity index (χ3n) is 4.42. The Hall–Kier alpha value is -1.85. The molecule has 0 unspecified atom stereocenters. The Morgan fingerprint density at radius 2 is 2.00 bits per heavy atom. The second-order valence-electron chi connectivity index (χ2n) is 6.31. The van der Waals surface area contributed by atoms with Crippen molar-refractivity contribution in [2.45, 2.75) is 31.8 Å². The second-order valence-corrected chi connectivity index (χ2v) is 7.16. The highest BCUT2D eigenvalue weighted by atomic mass is 79.9. The van der Waals surface area contributed by atoms with Gasteiger partial charge in [-0.25, -0.2) is 4.98 Å². The number of halogens is 1. The lowest BCUT2D eigenvalue weighted by atomic mass is 10.2. The first-order valence-corrected chi connectivity index (χ1v) is 9.03. The Bertz CT molecular complexity index is 853. The molecule has 4 nitrogen and oxygen atoms in total. The van der Waals surface area contributed by atoms with Crippen LogP contribution in [0, 0.1) is 0 Å². The number of rotatable bonds is 6. The van der Waals surface area contributed by atoms with Gasteiger partial charge in [-0.1, -0.05) is 12.1 Å². The number of aromatic nitrogens is 2. The number of methoxy groups -OCH3 is 1. The quantitative estimate of drug-likeness (QED) is 0.688. The summed E-state index contributed by atoms with van der Waals surface area (Å²) in [6.07, 6.45) is 6.95. The van der Waals surface area contributed by atoms with Crippen molar-refractivity contribution in [3.8, 4) is 5.75 Å². The Kier molecular flexibility index (Phi) is 4.29. The van der Waals surface area contributed by atoms with Crippen LogP contribution in [0.15, 0.2) is 47.2 Å². The molecule has 1 aliphatic carbocycles. The summed E-state index contributed by atoms with van der Waals surface area (Å²) in [6.45, 7) is 1.56. The zero-order chi connectivity index (χ0) is 16.5. The predicted molar refractivity (Wildman–Crippen MR) is 98.4 cm³/mol. The molecule has 0 spiro atoms. The van der Waals surface area contributed by atoms with E-state index in [2.05, 4.69) is 56.2 Å². The largest absolute Gasteiger partial charge is 0.497 e. The molecule has 24 heavy (non-hydrogen) atoms. The normalized spacial score (nSPS) is 14.2. The van der Waals surface area contributed by atoms with Crippen LogP contribution in [0.1, 0.15) is 35.6 Å². The molecule has 2 heterocycles. The molecular formula is C19H20BrN3O. The van der Waals surface area contributed by atoms with Crippen molar-refractivity contribution in [2.24, 2.45) is 0 Å². The first kappa shape index (κ1) is 15.7. The molecule has 0 saturated heterocycles. The summed E-state index contributed by atoms with van der Waals surface area (Å²) in [5, 5.41) is 3.45. The maximum atomic E-state index is 5.18. The fraction of sp³-hybridized carbons (Fsp3) is 0.316. The monoisotopic (exact) mass is 385 g/mol. The Morgan fingerprint density at radius 1 is 1.21 bits per heavy atom. The van der Waals surface area contributed by atoms with E-state index in [9.17, 15) is 0 Å². The lowest BCUT2D eigenvalue weighted by molar-refractivity contribution is 0.414.